The van der Waals surface area contributed by atoms with Crippen molar-refractivity contribution in [2.75, 3.05) is 13.1 Å². The summed E-state index contributed by atoms with van der Waals surface area (Å²) >= 11 is 0. The van der Waals surface area contributed by atoms with Crippen LogP contribution in [-0.2, 0) is 6.42 Å². The van der Waals surface area contributed by atoms with E-state index in [-0.39, 0.29) is 0 Å². The summed E-state index contributed by atoms with van der Waals surface area (Å²) in [4.78, 5) is 0. The summed E-state index contributed by atoms with van der Waals surface area (Å²) in [6, 6.07) is 14.1. The van der Waals surface area contributed by atoms with Crippen molar-refractivity contribution in [3.63, 3.8) is 0 Å². The van der Waals surface area contributed by atoms with Gasteiger partial charge in [-0.1, -0.05) is 37.3 Å². The predicted molar refractivity (Wildman–Crippen MR) is 80.5 cm³/mol. The van der Waals surface area contributed by atoms with Crippen LogP contribution >= 0.6 is 0 Å². The van der Waals surface area contributed by atoms with E-state index >= 15 is 0 Å². The third kappa shape index (κ3) is 4.83. The van der Waals surface area contributed by atoms with Gasteiger partial charge in [-0.05, 0) is 43.0 Å². The van der Waals surface area contributed by atoms with Gasteiger partial charge in [-0.25, -0.2) is 0 Å². The highest BCUT2D eigenvalue weighted by Gasteiger charge is 2.10. The van der Waals surface area contributed by atoms with E-state index in [1.165, 1.54) is 5.56 Å². The highest BCUT2D eigenvalue weighted by atomic mass is 16.4. The molecule has 2 N–H and O–H groups in total. The Morgan fingerprint density at radius 3 is 2.60 bits per heavy atom. The lowest BCUT2D eigenvalue weighted by atomic mass is 10.0. The Labute approximate surface area is 120 Å². The van der Waals surface area contributed by atoms with Crippen molar-refractivity contribution in [2.45, 2.75) is 25.9 Å². The Morgan fingerprint density at radius 2 is 1.90 bits per heavy atom. The molecule has 0 saturated carbocycles. The molecule has 1 aromatic carbocycles. The van der Waals surface area contributed by atoms with Gasteiger partial charge in [0, 0.05) is 6.54 Å². The van der Waals surface area contributed by atoms with Gasteiger partial charge in [0.2, 0.25) is 0 Å². The fourth-order valence-electron chi connectivity index (χ4n) is 2.21. The van der Waals surface area contributed by atoms with Crippen molar-refractivity contribution in [1.82, 2.24) is 5.32 Å². The predicted octanol–water partition coefficient (Wildman–Crippen LogP) is 3.17. The van der Waals surface area contributed by atoms with Crippen molar-refractivity contribution in [1.29, 1.82) is 0 Å². The van der Waals surface area contributed by atoms with Gasteiger partial charge in [0.15, 0.2) is 0 Å². The quantitative estimate of drug-likeness (QED) is 0.776. The molecule has 0 saturated heterocycles. The number of aliphatic hydroxyl groups is 1. The Hall–Kier alpha value is -1.58. The Balaban J connectivity index is 1.62. The van der Waals surface area contributed by atoms with Gasteiger partial charge in [-0.3, -0.25) is 0 Å². The number of furan rings is 1. The normalized spacial score (nSPS) is 14.1. The zero-order valence-electron chi connectivity index (χ0n) is 12.0. The number of aliphatic hydroxyl groups excluding tert-OH is 1. The molecule has 1 aromatic heterocycles. The molecule has 20 heavy (non-hydrogen) atoms. The largest absolute Gasteiger partial charge is 0.467 e. The van der Waals surface area contributed by atoms with Gasteiger partial charge >= 0.3 is 0 Å². The summed E-state index contributed by atoms with van der Waals surface area (Å²) in [5, 5.41) is 13.2. The molecular formula is C17H23NO2. The van der Waals surface area contributed by atoms with E-state index in [2.05, 4.69) is 36.5 Å². The molecule has 0 aliphatic heterocycles. The van der Waals surface area contributed by atoms with E-state index < -0.39 is 6.10 Å². The maximum absolute atomic E-state index is 9.87. The Bertz CT molecular complexity index is 467. The smallest absolute Gasteiger partial charge is 0.133 e. The SMILES string of the molecule is CC(CCc1ccccc1)CNCC(O)c1ccco1. The van der Waals surface area contributed by atoms with E-state index in [0.29, 0.717) is 18.2 Å². The first-order chi connectivity index (χ1) is 9.75. The molecule has 2 rings (SSSR count). The van der Waals surface area contributed by atoms with Crippen LogP contribution in [0.5, 0.6) is 0 Å². The molecule has 2 atom stereocenters. The van der Waals surface area contributed by atoms with E-state index in [4.69, 9.17) is 4.42 Å². The van der Waals surface area contributed by atoms with Crippen molar-refractivity contribution >= 4 is 0 Å². The van der Waals surface area contributed by atoms with Gasteiger partial charge in [-0.2, -0.15) is 0 Å². The van der Waals surface area contributed by atoms with Crippen LogP contribution in [0.1, 0.15) is 30.8 Å². The number of hydrogen-bond donors (Lipinski definition) is 2. The van der Waals surface area contributed by atoms with E-state index in [1.807, 2.05) is 6.07 Å². The van der Waals surface area contributed by atoms with Gasteiger partial charge in [0.05, 0.1) is 6.26 Å². The van der Waals surface area contributed by atoms with Gasteiger partial charge < -0.3 is 14.8 Å². The van der Waals surface area contributed by atoms with Gasteiger partial charge in [0.25, 0.3) is 0 Å². The molecule has 2 unspecified atom stereocenters. The second kappa shape index (κ2) is 7.88. The van der Waals surface area contributed by atoms with E-state index in [0.717, 1.165) is 19.4 Å². The molecule has 108 valence electrons. The molecule has 0 aliphatic rings. The van der Waals surface area contributed by atoms with Gasteiger partial charge in [-0.15, -0.1) is 0 Å². The molecular weight excluding hydrogens is 250 g/mol. The summed E-state index contributed by atoms with van der Waals surface area (Å²) in [5.74, 6) is 1.20. The lowest BCUT2D eigenvalue weighted by molar-refractivity contribution is 0.146. The van der Waals surface area contributed by atoms with Crippen LogP contribution in [-0.4, -0.2) is 18.2 Å². The molecule has 3 heteroatoms. The summed E-state index contributed by atoms with van der Waals surface area (Å²) in [6.45, 7) is 3.67. The molecule has 0 amide bonds. The molecule has 3 nitrogen and oxygen atoms in total. The molecule has 0 radical (unpaired) electrons. The average Bonchev–Trinajstić information content (AvgIpc) is 3.00. The van der Waals surface area contributed by atoms with Crippen LogP contribution < -0.4 is 5.32 Å². The highest BCUT2D eigenvalue weighted by Crippen LogP contribution is 2.12. The molecule has 0 bridgehead atoms. The summed E-state index contributed by atoms with van der Waals surface area (Å²) < 4.78 is 5.17. The van der Waals surface area contributed by atoms with Crippen molar-refractivity contribution in [3.8, 4) is 0 Å². The molecule has 2 aromatic rings. The monoisotopic (exact) mass is 273 g/mol. The highest BCUT2D eigenvalue weighted by molar-refractivity contribution is 5.14. The first-order valence-electron chi connectivity index (χ1n) is 7.22. The molecule has 0 spiro atoms. The average molecular weight is 273 g/mol. The van der Waals surface area contributed by atoms with Crippen molar-refractivity contribution in [3.05, 3.63) is 60.1 Å². The number of hydrogen-bond acceptors (Lipinski definition) is 3. The lowest BCUT2D eigenvalue weighted by Crippen LogP contribution is -2.26. The first-order valence-corrected chi connectivity index (χ1v) is 7.22. The second-order valence-corrected chi connectivity index (χ2v) is 5.32. The second-order valence-electron chi connectivity index (χ2n) is 5.32. The third-order valence-corrected chi connectivity index (χ3v) is 3.47. The Morgan fingerprint density at radius 1 is 1.10 bits per heavy atom. The zero-order valence-corrected chi connectivity index (χ0v) is 12.0. The maximum Gasteiger partial charge on any atom is 0.133 e. The minimum atomic E-state index is -0.564. The fraction of sp³-hybridized carbons (Fsp3) is 0.412. The number of nitrogens with one attached hydrogen (secondary N) is 1. The number of benzene rings is 1. The third-order valence-electron chi connectivity index (χ3n) is 3.47. The Kier molecular flexibility index (Phi) is 5.84. The van der Waals surface area contributed by atoms with Crippen LogP contribution in [0.3, 0.4) is 0 Å². The first kappa shape index (κ1) is 14.8. The standard InChI is InChI=1S/C17H23NO2/c1-14(9-10-15-6-3-2-4-7-15)12-18-13-16(19)17-8-5-11-20-17/h2-8,11,14,16,18-19H,9-10,12-13H2,1H3. The molecule has 0 fully saturated rings. The van der Waals surface area contributed by atoms with Crippen molar-refractivity contribution in [2.24, 2.45) is 5.92 Å². The fourth-order valence-corrected chi connectivity index (χ4v) is 2.21. The van der Waals surface area contributed by atoms with E-state index in [1.54, 1.807) is 18.4 Å². The minimum absolute atomic E-state index is 0.531. The van der Waals surface area contributed by atoms with Crippen LogP contribution in [0.25, 0.3) is 0 Å². The maximum atomic E-state index is 9.87. The molecule has 1 heterocycles. The topological polar surface area (TPSA) is 45.4 Å². The summed E-state index contributed by atoms with van der Waals surface area (Å²) in [7, 11) is 0. The number of rotatable bonds is 8. The van der Waals surface area contributed by atoms with Gasteiger partial charge in [0.1, 0.15) is 11.9 Å². The lowest BCUT2D eigenvalue weighted by Gasteiger charge is -2.14. The molecule has 0 aliphatic carbocycles. The van der Waals surface area contributed by atoms with Crippen LogP contribution in [0.15, 0.2) is 53.1 Å². The zero-order chi connectivity index (χ0) is 14.2. The summed E-state index contributed by atoms with van der Waals surface area (Å²) in [6.07, 6.45) is 3.27. The van der Waals surface area contributed by atoms with Crippen LogP contribution in [0.2, 0.25) is 0 Å². The van der Waals surface area contributed by atoms with E-state index in [9.17, 15) is 5.11 Å². The minimum Gasteiger partial charge on any atom is -0.467 e. The van der Waals surface area contributed by atoms with Crippen LogP contribution in [0.4, 0.5) is 0 Å². The summed E-state index contributed by atoms with van der Waals surface area (Å²) in [5.41, 5.74) is 1.38. The van der Waals surface area contributed by atoms with Crippen LogP contribution in [0, 0.1) is 5.92 Å². The van der Waals surface area contributed by atoms with Crippen molar-refractivity contribution < 1.29 is 9.52 Å². The number of aryl methyl sites for hydroxylation is 1.